The van der Waals surface area contributed by atoms with Crippen LogP contribution in [-0.4, -0.2) is 22.6 Å². The van der Waals surface area contributed by atoms with Gasteiger partial charge in [-0.3, -0.25) is 0 Å². The maximum absolute atomic E-state index is 6.42. The van der Waals surface area contributed by atoms with Gasteiger partial charge >= 0.3 is 0 Å². The molecule has 4 nitrogen and oxygen atoms in total. The average Bonchev–Trinajstić information content (AvgIpc) is 2.96. The van der Waals surface area contributed by atoms with Gasteiger partial charge in [-0.15, -0.1) is 0 Å². The Balaban J connectivity index is 1.71. The van der Waals surface area contributed by atoms with Crippen molar-refractivity contribution in [3.63, 3.8) is 0 Å². The lowest BCUT2D eigenvalue weighted by molar-refractivity contribution is 0.560. The second-order valence-electron chi connectivity index (χ2n) is 5.41. The van der Waals surface area contributed by atoms with E-state index in [4.69, 9.17) is 11.6 Å². The van der Waals surface area contributed by atoms with Crippen molar-refractivity contribution >= 4 is 17.3 Å². The monoisotopic (exact) mass is 304 g/mol. The molecule has 0 unspecified atom stereocenters. The second kappa shape index (κ2) is 6.50. The van der Waals surface area contributed by atoms with E-state index in [0.717, 1.165) is 55.6 Å². The highest BCUT2D eigenvalue weighted by Crippen LogP contribution is 2.26. The minimum atomic E-state index is 0.831. The molecular weight excluding hydrogens is 284 g/mol. The lowest BCUT2D eigenvalue weighted by atomic mass is 10.1. The Morgan fingerprint density at radius 1 is 1.33 bits per heavy atom. The van der Waals surface area contributed by atoms with Gasteiger partial charge in [0.1, 0.15) is 5.82 Å². The molecule has 3 rings (SSSR count). The van der Waals surface area contributed by atoms with Crippen LogP contribution in [-0.2, 0) is 19.6 Å². The Hall–Kier alpha value is -1.52. The lowest BCUT2D eigenvalue weighted by Gasteiger charge is -2.30. The van der Waals surface area contributed by atoms with E-state index in [1.54, 1.807) is 0 Å². The van der Waals surface area contributed by atoms with Crippen LogP contribution in [0.4, 0.5) is 5.69 Å². The van der Waals surface area contributed by atoms with Crippen LogP contribution in [0.15, 0.2) is 30.6 Å². The molecule has 0 fully saturated rings. The SMILES string of the molecule is CCCNCc1ccc(N2CCn3ccnc3C2)cc1Cl. The summed E-state index contributed by atoms with van der Waals surface area (Å²) in [5.74, 6) is 1.12. The number of benzene rings is 1. The average molecular weight is 305 g/mol. The molecular formula is C16H21ClN4. The highest BCUT2D eigenvalue weighted by molar-refractivity contribution is 6.31. The van der Waals surface area contributed by atoms with Crippen molar-refractivity contribution < 1.29 is 0 Å². The lowest BCUT2D eigenvalue weighted by Crippen LogP contribution is -2.33. The van der Waals surface area contributed by atoms with E-state index in [-0.39, 0.29) is 0 Å². The van der Waals surface area contributed by atoms with Gasteiger partial charge < -0.3 is 14.8 Å². The molecule has 0 radical (unpaired) electrons. The van der Waals surface area contributed by atoms with Crippen LogP contribution in [0.1, 0.15) is 24.7 Å². The van der Waals surface area contributed by atoms with Gasteiger partial charge in [-0.2, -0.15) is 0 Å². The van der Waals surface area contributed by atoms with Crippen LogP contribution in [0.3, 0.4) is 0 Å². The molecule has 0 bridgehead atoms. The number of nitrogens with zero attached hydrogens (tertiary/aromatic N) is 3. The van der Waals surface area contributed by atoms with E-state index in [1.807, 2.05) is 12.4 Å². The Bertz CT molecular complexity index is 608. The summed E-state index contributed by atoms with van der Waals surface area (Å²) in [6.07, 6.45) is 5.05. The molecule has 1 aromatic heterocycles. The number of nitrogens with one attached hydrogen (secondary N) is 1. The summed E-state index contributed by atoms with van der Waals surface area (Å²) in [6, 6.07) is 6.36. The Kier molecular flexibility index (Phi) is 4.46. The smallest absolute Gasteiger partial charge is 0.128 e. The maximum Gasteiger partial charge on any atom is 0.128 e. The van der Waals surface area contributed by atoms with Crippen LogP contribution in [0.5, 0.6) is 0 Å². The molecule has 0 amide bonds. The van der Waals surface area contributed by atoms with Crippen molar-refractivity contribution in [3.05, 3.63) is 47.0 Å². The van der Waals surface area contributed by atoms with Crippen LogP contribution in [0, 0.1) is 0 Å². The highest BCUT2D eigenvalue weighted by Gasteiger charge is 2.17. The molecule has 0 spiro atoms. The normalized spacial score (nSPS) is 14.3. The molecule has 2 heterocycles. The van der Waals surface area contributed by atoms with Gasteiger partial charge in [0, 0.05) is 42.7 Å². The molecule has 0 saturated heterocycles. The van der Waals surface area contributed by atoms with Crippen LogP contribution in [0.25, 0.3) is 0 Å². The van der Waals surface area contributed by atoms with Gasteiger partial charge in [0.25, 0.3) is 0 Å². The number of rotatable bonds is 5. The van der Waals surface area contributed by atoms with E-state index in [9.17, 15) is 0 Å². The predicted octanol–water partition coefficient (Wildman–Crippen LogP) is 3.06. The first-order valence-electron chi connectivity index (χ1n) is 7.52. The fourth-order valence-corrected chi connectivity index (χ4v) is 2.91. The van der Waals surface area contributed by atoms with Gasteiger partial charge in [0.2, 0.25) is 0 Å². The largest absolute Gasteiger partial charge is 0.362 e. The molecule has 1 aromatic carbocycles. The van der Waals surface area contributed by atoms with Crippen LogP contribution in [0.2, 0.25) is 5.02 Å². The fourth-order valence-electron chi connectivity index (χ4n) is 2.67. The first-order chi connectivity index (χ1) is 10.3. The quantitative estimate of drug-likeness (QED) is 0.862. The number of hydrogen-bond acceptors (Lipinski definition) is 3. The van der Waals surface area contributed by atoms with Gasteiger partial charge in [-0.25, -0.2) is 4.98 Å². The molecule has 112 valence electrons. The summed E-state index contributed by atoms with van der Waals surface area (Å²) in [5.41, 5.74) is 2.33. The zero-order valence-electron chi connectivity index (χ0n) is 12.3. The summed E-state index contributed by atoms with van der Waals surface area (Å²) < 4.78 is 2.21. The Labute approximate surface area is 130 Å². The third-order valence-corrected chi connectivity index (χ3v) is 4.24. The summed E-state index contributed by atoms with van der Waals surface area (Å²) >= 11 is 6.42. The molecule has 1 N–H and O–H groups in total. The maximum atomic E-state index is 6.42. The molecule has 1 aliphatic heterocycles. The van der Waals surface area contributed by atoms with Crippen molar-refractivity contribution in [2.75, 3.05) is 18.0 Å². The molecule has 0 atom stereocenters. The standard InChI is InChI=1S/C16H21ClN4/c1-2-5-18-11-13-3-4-14(10-15(13)17)21-9-8-20-7-6-19-16(20)12-21/h3-4,6-7,10,18H,2,5,8-9,11-12H2,1H3. The second-order valence-corrected chi connectivity index (χ2v) is 5.82. The number of hydrogen-bond donors (Lipinski definition) is 1. The molecule has 1 aliphatic rings. The topological polar surface area (TPSA) is 33.1 Å². The minimum Gasteiger partial charge on any atom is -0.362 e. The first-order valence-corrected chi connectivity index (χ1v) is 7.90. The van der Waals surface area contributed by atoms with Crippen molar-refractivity contribution in [2.24, 2.45) is 0 Å². The van der Waals surface area contributed by atoms with Crippen LogP contribution < -0.4 is 10.2 Å². The van der Waals surface area contributed by atoms with E-state index in [2.05, 4.69) is 44.9 Å². The molecule has 21 heavy (non-hydrogen) atoms. The third kappa shape index (κ3) is 3.22. The number of aromatic nitrogens is 2. The van der Waals surface area contributed by atoms with Crippen LogP contribution >= 0.6 is 11.6 Å². The number of imidazole rings is 1. The summed E-state index contributed by atoms with van der Waals surface area (Å²) in [4.78, 5) is 6.73. The minimum absolute atomic E-state index is 0.831. The summed E-state index contributed by atoms with van der Waals surface area (Å²) in [6.45, 7) is 6.83. The van der Waals surface area contributed by atoms with E-state index < -0.39 is 0 Å². The number of fused-ring (bicyclic) bond motifs is 1. The zero-order valence-corrected chi connectivity index (χ0v) is 13.1. The van der Waals surface area contributed by atoms with Gasteiger partial charge in [-0.05, 0) is 30.7 Å². The zero-order chi connectivity index (χ0) is 14.7. The van der Waals surface area contributed by atoms with Gasteiger partial charge in [0.05, 0.1) is 6.54 Å². The molecule has 0 saturated carbocycles. The van der Waals surface area contributed by atoms with Gasteiger partial charge in [-0.1, -0.05) is 24.6 Å². The van der Waals surface area contributed by atoms with Gasteiger partial charge in [0.15, 0.2) is 0 Å². The summed E-state index contributed by atoms with van der Waals surface area (Å²) in [7, 11) is 0. The predicted molar refractivity (Wildman–Crippen MR) is 86.7 cm³/mol. The van der Waals surface area contributed by atoms with E-state index >= 15 is 0 Å². The number of halogens is 1. The highest BCUT2D eigenvalue weighted by atomic mass is 35.5. The van der Waals surface area contributed by atoms with E-state index in [0.29, 0.717) is 0 Å². The molecule has 0 aliphatic carbocycles. The Morgan fingerprint density at radius 3 is 3.05 bits per heavy atom. The number of anilines is 1. The molecule has 5 heteroatoms. The van der Waals surface area contributed by atoms with Crippen molar-refractivity contribution in [3.8, 4) is 0 Å². The van der Waals surface area contributed by atoms with Crippen molar-refractivity contribution in [1.29, 1.82) is 0 Å². The fraction of sp³-hybridized carbons (Fsp3) is 0.438. The van der Waals surface area contributed by atoms with E-state index in [1.165, 1.54) is 5.69 Å². The van der Waals surface area contributed by atoms with Crippen molar-refractivity contribution in [1.82, 2.24) is 14.9 Å². The molecule has 2 aromatic rings. The Morgan fingerprint density at radius 2 is 2.24 bits per heavy atom. The van der Waals surface area contributed by atoms with Crippen molar-refractivity contribution in [2.45, 2.75) is 33.0 Å². The summed E-state index contributed by atoms with van der Waals surface area (Å²) in [5, 5.41) is 4.23. The third-order valence-electron chi connectivity index (χ3n) is 3.89. The first kappa shape index (κ1) is 14.4.